The van der Waals surface area contributed by atoms with E-state index in [0.717, 1.165) is 6.42 Å². The smallest absolute Gasteiger partial charge is 0.184 e. The summed E-state index contributed by atoms with van der Waals surface area (Å²) in [5.74, 6) is 1.15. The Bertz CT molecular complexity index is 612. The molecule has 3 atom stereocenters. The fourth-order valence-electron chi connectivity index (χ4n) is 3.29. The lowest BCUT2D eigenvalue weighted by atomic mass is 9.71. The van der Waals surface area contributed by atoms with E-state index in [9.17, 15) is 0 Å². The van der Waals surface area contributed by atoms with Crippen LogP contribution in [-0.2, 0) is 11.3 Å². The van der Waals surface area contributed by atoms with Gasteiger partial charge < -0.3 is 10.5 Å². The Kier molecular flexibility index (Phi) is 6.94. The average molecular weight is 346 g/mol. The van der Waals surface area contributed by atoms with Crippen LogP contribution in [-0.4, -0.2) is 17.9 Å². The Hall–Kier alpha value is -1.72. The van der Waals surface area contributed by atoms with Crippen molar-refractivity contribution in [2.45, 2.75) is 33.8 Å². The second kappa shape index (κ2) is 8.94. The van der Waals surface area contributed by atoms with E-state index in [1.807, 2.05) is 24.4 Å². The molecule has 1 aliphatic carbocycles. The van der Waals surface area contributed by atoms with Crippen molar-refractivity contribution in [3.8, 4) is 0 Å². The fraction of sp³-hybridized carbons (Fsp3) is 0.474. The van der Waals surface area contributed by atoms with Crippen molar-refractivity contribution in [3.63, 3.8) is 0 Å². The first-order valence-corrected chi connectivity index (χ1v) is 8.76. The number of thiocarbonyl (C=S) groups is 1. The van der Waals surface area contributed by atoms with Gasteiger partial charge in [-0.15, -0.1) is 0 Å². The average Bonchev–Trinajstić information content (AvgIpc) is 2.56. The molecular weight excluding hydrogens is 318 g/mol. The molecule has 0 bridgehead atoms. The van der Waals surface area contributed by atoms with Crippen LogP contribution in [0.4, 0.5) is 0 Å². The first-order chi connectivity index (χ1) is 11.5. The van der Waals surface area contributed by atoms with E-state index in [1.165, 1.54) is 16.7 Å². The summed E-state index contributed by atoms with van der Waals surface area (Å²) in [6, 6.07) is 10.3. The third-order valence-corrected chi connectivity index (χ3v) is 5.00. The minimum Gasteiger partial charge on any atom is -0.376 e. The lowest BCUT2D eigenvalue weighted by molar-refractivity contribution is 0.0674. The van der Waals surface area contributed by atoms with E-state index in [2.05, 4.69) is 43.4 Å². The molecule has 2 rings (SSSR count). The number of ether oxygens (including phenoxy) is 1. The second-order valence-corrected chi connectivity index (χ2v) is 6.99. The third kappa shape index (κ3) is 5.14. The largest absolute Gasteiger partial charge is 0.376 e. The molecule has 0 fully saturated rings. The second-order valence-electron chi connectivity index (χ2n) is 6.55. The minimum absolute atomic E-state index is 0.190. The summed E-state index contributed by atoms with van der Waals surface area (Å²) in [7, 11) is 0. The highest BCUT2D eigenvalue weighted by atomic mass is 32.1. The summed E-state index contributed by atoms with van der Waals surface area (Å²) in [6.07, 6.45) is 2.98. The highest BCUT2D eigenvalue weighted by molar-refractivity contribution is 7.80. The van der Waals surface area contributed by atoms with Gasteiger partial charge in [-0.25, -0.2) is 0 Å². The van der Waals surface area contributed by atoms with Crippen LogP contribution in [0.5, 0.6) is 0 Å². The molecule has 1 aliphatic rings. The van der Waals surface area contributed by atoms with Crippen molar-refractivity contribution in [1.82, 2.24) is 5.43 Å². The van der Waals surface area contributed by atoms with Crippen LogP contribution in [0.2, 0.25) is 0 Å². The summed E-state index contributed by atoms with van der Waals surface area (Å²) in [5, 5.41) is 4.39. The molecule has 0 spiro atoms. The van der Waals surface area contributed by atoms with Gasteiger partial charge in [0.15, 0.2) is 5.11 Å². The Labute approximate surface area is 150 Å². The van der Waals surface area contributed by atoms with Crippen LogP contribution in [0, 0.1) is 17.8 Å². The van der Waals surface area contributed by atoms with Crippen LogP contribution in [0.25, 0.3) is 0 Å². The summed E-state index contributed by atoms with van der Waals surface area (Å²) >= 11 is 4.81. The number of nitrogens with one attached hydrogen (secondary N) is 1. The van der Waals surface area contributed by atoms with Gasteiger partial charge in [0.25, 0.3) is 0 Å². The molecule has 5 heteroatoms. The van der Waals surface area contributed by atoms with Gasteiger partial charge in [-0.1, -0.05) is 48.4 Å². The first kappa shape index (κ1) is 18.6. The number of nitrogens with two attached hydrogens (primary N) is 1. The van der Waals surface area contributed by atoms with Gasteiger partial charge in [0, 0.05) is 12.1 Å². The van der Waals surface area contributed by atoms with Crippen molar-refractivity contribution >= 4 is 23.5 Å². The van der Waals surface area contributed by atoms with E-state index in [1.54, 1.807) is 0 Å². The molecule has 1 aromatic carbocycles. The van der Waals surface area contributed by atoms with Crippen LogP contribution in [0.15, 0.2) is 46.6 Å². The van der Waals surface area contributed by atoms with Crippen LogP contribution in [0.3, 0.4) is 0 Å². The maximum atomic E-state index is 5.99. The van der Waals surface area contributed by atoms with Crippen LogP contribution >= 0.6 is 12.2 Å². The highest BCUT2D eigenvalue weighted by Crippen LogP contribution is 2.37. The first-order valence-electron chi connectivity index (χ1n) is 8.35. The predicted octanol–water partition coefficient (Wildman–Crippen LogP) is 3.63. The molecule has 0 heterocycles. The van der Waals surface area contributed by atoms with E-state index in [0.29, 0.717) is 31.0 Å². The highest BCUT2D eigenvalue weighted by Gasteiger charge is 2.32. The monoisotopic (exact) mass is 345 g/mol. The van der Waals surface area contributed by atoms with Gasteiger partial charge in [0.1, 0.15) is 0 Å². The van der Waals surface area contributed by atoms with Gasteiger partial charge in [-0.05, 0) is 49.9 Å². The number of rotatable bonds is 6. The Morgan fingerprint density at radius 1 is 1.38 bits per heavy atom. The molecule has 1 aromatic rings. The number of hydrogen-bond acceptors (Lipinski definition) is 3. The van der Waals surface area contributed by atoms with Crippen LogP contribution in [0.1, 0.15) is 32.8 Å². The van der Waals surface area contributed by atoms with Crippen molar-refractivity contribution in [2.24, 2.45) is 28.6 Å². The summed E-state index contributed by atoms with van der Waals surface area (Å²) in [5.41, 5.74) is 12.2. The zero-order valence-electron chi connectivity index (χ0n) is 14.7. The zero-order chi connectivity index (χ0) is 17.5. The molecule has 0 saturated carbocycles. The fourth-order valence-corrected chi connectivity index (χ4v) is 3.34. The van der Waals surface area contributed by atoms with Crippen molar-refractivity contribution in [3.05, 3.63) is 47.0 Å². The molecule has 4 nitrogen and oxygen atoms in total. The number of allylic oxidation sites excluding steroid dienone is 2. The molecular formula is C19H27N3OS. The minimum atomic E-state index is 0.190. The molecule has 0 unspecified atom stereocenters. The standard InChI is InChI=1S/C19H27N3OS/c1-13-9-17(12-23-11-16-7-5-4-6-8-16)18(15(3)14(13)2)10-21-22-19(20)24/h4-8,10,15,17-18H,9,11-12H2,1-3H3,(H3,20,22,24)/b21-10+/t15-,17-,18-/m1/s1. The van der Waals surface area contributed by atoms with E-state index in [-0.39, 0.29) is 5.11 Å². The zero-order valence-corrected chi connectivity index (χ0v) is 15.5. The van der Waals surface area contributed by atoms with Crippen LogP contribution < -0.4 is 11.2 Å². The molecule has 130 valence electrons. The van der Waals surface area contributed by atoms with E-state index >= 15 is 0 Å². The Morgan fingerprint density at radius 3 is 2.75 bits per heavy atom. The molecule has 0 aliphatic heterocycles. The topological polar surface area (TPSA) is 59.6 Å². The van der Waals surface area contributed by atoms with Crippen molar-refractivity contribution < 1.29 is 4.74 Å². The van der Waals surface area contributed by atoms with Gasteiger partial charge in [0.2, 0.25) is 0 Å². The molecule has 0 radical (unpaired) electrons. The number of hydrazone groups is 1. The SMILES string of the molecule is CC1=C(C)[C@@H](C)[C@@H](/C=N/NC(N)=S)[C@@H](COCc2ccccc2)C1. The lowest BCUT2D eigenvalue weighted by Gasteiger charge is -2.35. The predicted molar refractivity (Wildman–Crippen MR) is 104 cm³/mol. The molecule has 0 amide bonds. The summed E-state index contributed by atoms with van der Waals surface area (Å²) < 4.78 is 5.99. The number of hydrogen-bond donors (Lipinski definition) is 2. The van der Waals surface area contributed by atoms with Gasteiger partial charge >= 0.3 is 0 Å². The summed E-state index contributed by atoms with van der Waals surface area (Å²) in [4.78, 5) is 0. The van der Waals surface area contributed by atoms with E-state index in [4.69, 9.17) is 22.7 Å². The molecule has 0 saturated heterocycles. The van der Waals surface area contributed by atoms with Gasteiger partial charge in [-0.3, -0.25) is 5.43 Å². The third-order valence-electron chi connectivity index (χ3n) is 4.91. The molecule has 24 heavy (non-hydrogen) atoms. The van der Waals surface area contributed by atoms with E-state index < -0.39 is 0 Å². The van der Waals surface area contributed by atoms with Crippen molar-refractivity contribution in [2.75, 3.05) is 6.61 Å². The summed E-state index contributed by atoms with van der Waals surface area (Å²) in [6.45, 7) is 8.04. The maximum Gasteiger partial charge on any atom is 0.184 e. The van der Waals surface area contributed by atoms with Gasteiger partial charge in [0.05, 0.1) is 13.2 Å². The Morgan fingerprint density at radius 2 is 2.08 bits per heavy atom. The maximum absolute atomic E-state index is 5.99. The number of benzene rings is 1. The lowest BCUT2D eigenvalue weighted by Crippen LogP contribution is -2.33. The van der Waals surface area contributed by atoms with Crippen molar-refractivity contribution in [1.29, 1.82) is 0 Å². The normalized spacial score (nSPS) is 24.4. The number of nitrogens with zero attached hydrogens (tertiary/aromatic N) is 1. The molecule has 3 N–H and O–H groups in total. The van der Waals surface area contributed by atoms with Gasteiger partial charge in [-0.2, -0.15) is 5.10 Å². The quantitative estimate of drug-likeness (QED) is 0.358. The Balaban J connectivity index is 2.00. The molecule has 0 aromatic heterocycles.